The van der Waals surface area contributed by atoms with Crippen molar-refractivity contribution >= 4 is 29.1 Å². The Bertz CT molecular complexity index is 611. The van der Waals surface area contributed by atoms with Crippen LogP contribution in [-0.2, 0) is 9.59 Å². The van der Waals surface area contributed by atoms with E-state index < -0.39 is 0 Å². The summed E-state index contributed by atoms with van der Waals surface area (Å²) in [5.74, 6) is -0.424. The highest BCUT2D eigenvalue weighted by Gasteiger charge is 2.48. The number of carbonyl (C=O) groups excluding carboxylic acids is 2. The molecule has 2 saturated carbocycles. The number of anilines is 1. The van der Waals surface area contributed by atoms with Gasteiger partial charge >= 0.3 is 0 Å². The first-order valence-corrected chi connectivity index (χ1v) is 8.80. The average molecular weight is 335 g/mol. The second-order valence-corrected chi connectivity index (χ2v) is 7.18. The van der Waals surface area contributed by atoms with Gasteiger partial charge in [-0.2, -0.15) is 0 Å². The summed E-state index contributed by atoms with van der Waals surface area (Å²) in [6.45, 7) is 1.92. The summed E-state index contributed by atoms with van der Waals surface area (Å²) in [5, 5.41) is 6.60. The highest BCUT2D eigenvalue weighted by Crippen LogP contribution is 2.40. The van der Waals surface area contributed by atoms with Crippen LogP contribution >= 0.6 is 11.6 Å². The maximum Gasteiger partial charge on any atom is 0.228 e. The molecule has 0 spiro atoms. The normalized spacial score (nSPS) is 24.1. The van der Waals surface area contributed by atoms with Gasteiger partial charge in [-0.25, -0.2) is 0 Å². The monoisotopic (exact) mass is 334 g/mol. The van der Waals surface area contributed by atoms with Crippen molar-refractivity contribution in [2.75, 3.05) is 5.32 Å². The number of hydrogen-bond acceptors (Lipinski definition) is 2. The van der Waals surface area contributed by atoms with Gasteiger partial charge in [-0.05, 0) is 43.9 Å². The fraction of sp³-hybridized carbons (Fsp3) is 0.556. The van der Waals surface area contributed by atoms with E-state index in [0.29, 0.717) is 17.5 Å². The molecule has 3 rings (SSSR count). The Hall–Kier alpha value is -1.55. The average Bonchev–Trinajstić information content (AvgIpc) is 3.33. The van der Waals surface area contributed by atoms with Crippen LogP contribution in [0.3, 0.4) is 0 Å². The lowest BCUT2D eigenvalue weighted by molar-refractivity contribution is -0.126. The maximum absolute atomic E-state index is 12.3. The fourth-order valence-electron chi connectivity index (χ4n) is 3.28. The van der Waals surface area contributed by atoms with Crippen molar-refractivity contribution in [3.8, 4) is 0 Å². The van der Waals surface area contributed by atoms with Crippen LogP contribution in [0.4, 0.5) is 5.69 Å². The van der Waals surface area contributed by atoms with Crippen LogP contribution < -0.4 is 10.6 Å². The number of benzene rings is 1. The van der Waals surface area contributed by atoms with Crippen molar-refractivity contribution in [2.24, 2.45) is 11.8 Å². The molecule has 2 amide bonds. The lowest BCUT2D eigenvalue weighted by Gasteiger charge is -2.22. The van der Waals surface area contributed by atoms with Crippen molar-refractivity contribution in [1.29, 1.82) is 0 Å². The molecule has 0 radical (unpaired) electrons. The molecule has 1 aromatic rings. The predicted octanol–water partition coefficient (Wildman–Crippen LogP) is 3.67. The van der Waals surface area contributed by atoms with E-state index in [1.807, 2.05) is 13.0 Å². The molecule has 2 aliphatic rings. The minimum atomic E-state index is -0.211. The van der Waals surface area contributed by atoms with Gasteiger partial charge in [-0.3, -0.25) is 9.59 Å². The summed E-state index contributed by atoms with van der Waals surface area (Å²) >= 11 is 5.97. The molecule has 0 heterocycles. The third kappa shape index (κ3) is 4.05. The number of rotatable bonds is 4. The Morgan fingerprint density at radius 1 is 1.09 bits per heavy atom. The Balaban J connectivity index is 1.52. The van der Waals surface area contributed by atoms with Gasteiger partial charge in [0.25, 0.3) is 0 Å². The largest absolute Gasteiger partial charge is 0.353 e. The van der Waals surface area contributed by atoms with Crippen LogP contribution in [0.2, 0.25) is 5.02 Å². The Morgan fingerprint density at radius 2 is 1.78 bits per heavy atom. The first-order valence-electron chi connectivity index (χ1n) is 8.42. The lowest BCUT2D eigenvalue weighted by Crippen LogP contribution is -2.37. The Labute approximate surface area is 142 Å². The van der Waals surface area contributed by atoms with E-state index in [-0.39, 0.29) is 23.7 Å². The topological polar surface area (TPSA) is 58.2 Å². The van der Waals surface area contributed by atoms with Crippen molar-refractivity contribution < 1.29 is 9.59 Å². The quantitative estimate of drug-likeness (QED) is 0.882. The summed E-state index contributed by atoms with van der Waals surface area (Å²) in [5.41, 5.74) is 1.69. The van der Waals surface area contributed by atoms with Gasteiger partial charge in [0.05, 0.1) is 11.8 Å². The molecule has 2 aliphatic carbocycles. The first kappa shape index (κ1) is 16.3. The first-order chi connectivity index (χ1) is 11.0. The number of aryl methyl sites for hydroxylation is 1. The molecular weight excluding hydrogens is 312 g/mol. The number of halogens is 1. The molecule has 2 unspecified atom stereocenters. The zero-order valence-electron chi connectivity index (χ0n) is 13.4. The van der Waals surface area contributed by atoms with E-state index in [4.69, 9.17) is 11.6 Å². The van der Waals surface area contributed by atoms with E-state index >= 15 is 0 Å². The second kappa shape index (κ2) is 6.91. The fourth-order valence-corrected chi connectivity index (χ4v) is 3.46. The van der Waals surface area contributed by atoms with Gasteiger partial charge in [0, 0.05) is 16.8 Å². The van der Waals surface area contributed by atoms with E-state index in [0.717, 1.165) is 24.1 Å². The molecule has 23 heavy (non-hydrogen) atoms. The SMILES string of the molecule is Cc1ccc(Cl)cc1NC(=O)C1CC1C(=O)NC1CCCCC1. The van der Waals surface area contributed by atoms with Gasteiger partial charge in [0.15, 0.2) is 0 Å². The van der Waals surface area contributed by atoms with Crippen molar-refractivity contribution in [3.05, 3.63) is 28.8 Å². The molecule has 0 aromatic heterocycles. The van der Waals surface area contributed by atoms with Crippen LogP contribution in [0.5, 0.6) is 0 Å². The number of hydrogen-bond donors (Lipinski definition) is 2. The van der Waals surface area contributed by atoms with Crippen LogP contribution in [0.1, 0.15) is 44.1 Å². The zero-order chi connectivity index (χ0) is 16.4. The molecule has 124 valence electrons. The standard InChI is InChI=1S/C18H23ClN2O2/c1-11-7-8-12(19)9-16(11)21-18(23)15-10-14(15)17(22)20-13-5-3-2-4-6-13/h7-9,13-15H,2-6,10H2,1H3,(H,20,22)(H,21,23). The molecule has 2 atom stereocenters. The zero-order valence-corrected chi connectivity index (χ0v) is 14.2. The van der Waals surface area contributed by atoms with Gasteiger partial charge in [0.1, 0.15) is 0 Å². The van der Waals surface area contributed by atoms with Gasteiger partial charge < -0.3 is 10.6 Å². The summed E-state index contributed by atoms with van der Waals surface area (Å²) in [6.07, 6.45) is 6.42. The van der Waals surface area contributed by atoms with Crippen molar-refractivity contribution in [3.63, 3.8) is 0 Å². The third-order valence-corrected chi connectivity index (χ3v) is 5.11. The van der Waals surface area contributed by atoms with Crippen LogP contribution in [0.25, 0.3) is 0 Å². The molecule has 0 aliphatic heterocycles. The summed E-state index contributed by atoms with van der Waals surface area (Å²) in [7, 11) is 0. The molecule has 0 bridgehead atoms. The number of nitrogens with one attached hydrogen (secondary N) is 2. The molecule has 2 N–H and O–H groups in total. The van der Waals surface area contributed by atoms with E-state index in [9.17, 15) is 9.59 Å². The summed E-state index contributed by atoms with van der Waals surface area (Å²) < 4.78 is 0. The smallest absolute Gasteiger partial charge is 0.228 e. The molecular formula is C18H23ClN2O2. The number of carbonyl (C=O) groups is 2. The van der Waals surface area contributed by atoms with Crippen LogP contribution in [-0.4, -0.2) is 17.9 Å². The van der Waals surface area contributed by atoms with Crippen molar-refractivity contribution in [1.82, 2.24) is 5.32 Å². The maximum atomic E-state index is 12.3. The molecule has 0 saturated heterocycles. The molecule has 4 nitrogen and oxygen atoms in total. The van der Waals surface area contributed by atoms with Gasteiger partial charge in [0.2, 0.25) is 11.8 Å². The van der Waals surface area contributed by atoms with Crippen LogP contribution in [0.15, 0.2) is 18.2 Å². The molecule has 2 fully saturated rings. The Morgan fingerprint density at radius 3 is 2.52 bits per heavy atom. The Kier molecular flexibility index (Phi) is 4.90. The van der Waals surface area contributed by atoms with Crippen molar-refractivity contribution in [2.45, 2.75) is 51.5 Å². The van der Waals surface area contributed by atoms with E-state index in [1.54, 1.807) is 12.1 Å². The van der Waals surface area contributed by atoms with E-state index in [2.05, 4.69) is 10.6 Å². The predicted molar refractivity (Wildman–Crippen MR) is 91.4 cm³/mol. The third-order valence-electron chi connectivity index (χ3n) is 4.87. The van der Waals surface area contributed by atoms with E-state index in [1.165, 1.54) is 19.3 Å². The summed E-state index contributed by atoms with van der Waals surface area (Å²) in [6, 6.07) is 5.71. The molecule has 1 aromatic carbocycles. The molecule has 5 heteroatoms. The minimum Gasteiger partial charge on any atom is -0.353 e. The highest BCUT2D eigenvalue weighted by molar-refractivity contribution is 6.31. The lowest BCUT2D eigenvalue weighted by atomic mass is 9.95. The summed E-state index contributed by atoms with van der Waals surface area (Å²) in [4.78, 5) is 24.6. The van der Waals surface area contributed by atoms with Gasteiger partial charge in [-0.15, -0.1) is 0 Å². The second-order valence-electron chi connectivity index (χ2n) is 6.74. The highest BCUT2D eigenvalue weighted by atomic mass is 35.5. The van der Waals surface area contributed by atoms with Crippen LogP contribution in [0, 0.1) is 18.8 Å². The minimum absolute atomic E-state index is 0.0415. The van der Waals surface area contributed by atoms with Gasteiger partial charge in [-0.1, -0.05) is 36.9 Å². The number of amides is 2.